The quantitative estimate of drug-likeness (QED) is 0.900. The van der Waals surface area contributed by atoms with Crippen LogP contribution in [0.1, 0.15) is 22.8 Å². The maximum absolute atomic E-state index is 11.9. The van der Waals surface area contributed by atoms with Crippen LogP contribution in [0, 0.1) is 6.92 Å². The minimum Gasteiger partial charge on any atom is -0.372 e. The van der Waals surface area contributed by atoms with Crippen LogP contribution in [0.25, 0.3) is 0 Å². The normalized spacial score (nSPS) is 11.8. The fraction of sp³-hybridized carbons (Fsp3) is 0.429. The van der Waals surface area contributed by atoms with Crippen molar-refractivity contribution in [3.63, 3.8) is 0 Å². The molecule has 1 atom stereocenters. The number of nitrogens with one attached hydrogen (secondary N) is 1. The zero-order valence-electron chi connectivity index (χ0n) is 12.0. The molecule has 5 heteroatoms. The third-order valence-electron chi connectivity index (χ3n) is 2.87. The van der Waals surface area contributed by atoms with E-state index in [0.29, 0.717) is 11.3 Å². The molecule has 1 N–H and O–H groups in total. The molecule has 2 amide bonds. The highest BCUT2D eigenvalue weighted by Gasteiger charge is 2.15. The zero-order chi connectivity index (χ0) is 14.6. The summed E-state index contributed by atoms with van der Waals surface area (Å²) < 4.78 is 4.95. The second-order valence-corrected chi connectivity index (χ2v) is 4.60. The van der Waals surface area contributed by atoms with E-state index >= 15 is 0 Å². The molecule has 1 aromatic rings. The summed E-state index contributed by atoms with van der Waals surface area (Å²) in [6, 6.07) is 5.23. The Morgan fingerprint density at radius 3 is 2.47 bits per heavy atom. The number of rotatable bonds is 4. The van der Waals surface area contributed by atoms with Gasteiger partial charge in [-0.3, -0.25) is 9.59 Å². The maximum Gasteiger partial charge on any atom is 0.253 e. The first-order valence-electron chi connectivity index (χ1n) is 6.02. The Morgan fingerprint density at radius 2 is 1.95 bits per heavy atom. The van der Waals surface area contributed by atoms with Gasteiger partial charge in [0.15, 0.2) is 0 Å². The van der Waals surface area contributed by atoms with Gasteiger partial charge in [0.2, 0.25) is 0 Å². The monoisotopic (exact) mass is 264 g/mol. The minimum atomic E-state index is -0.535. The Morgan fingerprint density at radius 1 is 1.32 bits per heavy atom. The van der Waals surface area contributed by atoms with Crippen LogP contribution in [0.3, 0.4) is 0 Å². The highest BCUT2D eigenvalue weighted by Crippen LogP contribution is 2.18. The van der Waals surface area contributed by atoms with Gasteiger partial charge in [-0.1, -0.05) is 6.07 Å². The van der Waals surface area contributed by atoms with Crippen LogP contribution in [0.4, 0.5) is 5.69 Å². The average molecular weight is 264 g/mol. The van der Waals surface area contributed by atoms with E-state index in [2.05, 4.69) is 5.32 Å². The molecule has 0 saturated heterocycles. The van der Waals surface area contributed by atoms with Crippen LogP contribution in [0.15, 0.2) is 18.2 Å². The van der Waals surface area contributed by atoms with E-state index in [9.17, 15) is 9.59 Å². The van der Waals surface area contributed by atoms with Crippen LogP contribution in [0.5, 0.6) is 0 Å². The summed E-state index contributed by atoms with van der Waals surface area (Å²) in [5, 5.41) is 2.76. The number of carbonyl (C=O) groups excluding carboxylic acids is 2. The van der Waals surface area contributed by atoms with Crippen molar-refractivity contribution in [1.82, 2.24) is 4.90 Å². The largest absolute Gasteiger partial charge is 0.372 e. The summed E-state index contributed by atoms with van der Waals surface area (Å²) in [6.07, 6.45) is -0.535. The molecular formula is C14H20N2O3. The molecule has 0 heterocycles. The fourth-order valence-electron chi connectivity index (χ4n) is 1.49. The first-order chi connectivity index (χ1) is 8.86. The summed E-state index contributed by atoms with van der Waals surface area (Å²) in [5.74, 6) is -0.338. The minimum absolute atomic E-state index is 0.102. The van der Waals surface area contributed by atoms with Crippen molar-refractivity contribution in [2.45, 2.75) is 20.0 Å². The van der Waals surface area contributed by atoms with Crippen molar-refractivity contribution in [2.24, 2.45) is 0 Å². The number of ether oxygens (including phenoxy) is 1. The molecule has 1 unspecified atom stereocenters. The summed E-state index contributed by atoms with van der Waals surface area (Å²) in [4.78, 5) is 25.1. The highest BCUT2D eigenvalue weighted by molar-refractivity contribution is 5.98. The molecule has 0 radical (unpaired) electrons. The molecule has 1 rings (SSSR count). The van der Waals surface area contributed by atoms with Gasteiger partial charge in [-0.05, 0) is 31.5 Å². The van der Waals surface area contributed by atoms with Gasteiger partial charge < -0.3 is 15.0 Å². The van der Waals surface area contributed by atoms with Crippen molar-refractivity contribution in [3.8, 4) is 0 Å². The van der Waals surface area contributed by atoms with Crippen molar-refractivity contribution in [3.05, 3.63) is 29.3 Å². The van der Waals surface area contributed by atoms with E-state index in [0.717, 1.165) is 5.56 Å². The molecule has 0 spiro atoms. The Balaban J connectivity index is 2.98. The first kappa shape index (κ1) is 15.2. The molecule has 0 aliphatic heterocycles. The third kappa shape index (κ3) is 3.79. The van der Waals surface area contributed by atoms with E-state index < -0.39 is 6.10 Å². The average Bonchev–Trinajstić information content (AvgIpc) is 2.39. The van der Waals surface area contributed by atoms with Crippen molar-refractivity contribution in [1.29, 1.82) is 0 Å². The van der Waals surface area contributed by atoms with Gasteiger partial charge in [0.05, 0.1) is 0 Å². The molecule has 0 aliphatic rings. The van der Waals surface area contributed by atoms with E-state index in [1.807, 2.05) is 13.0 Å². The zero-order valence-corrected chi connectivity index (χ0v) is 12.0. The van der Waals surface area contributed by atoms with E-state index in [1.165, 1.54) is 12.0 Å². The number of hydrogen-bond donors (Lipinski definition) is 1. The van der Waals surface area contributed by atoms with E-state index in [4.69, 9.17) is 4.74 Å². The number of carbonyl (C=O) groups is 2. The number of amides is 2. The smallest absolute Gasteiger partial charge is 0.253 e. The van der Waals surface area contributed by atoms with Gasteiger partial charge in [0, 0.05) is 32.5 Å². The molecule has 0 bridgehead atoms. The van der Waals surface area contributed by atoms with Crippen molar-refractivity contribution in [2.75, 3.05) is 26.5 Å². The maximum atomic E-state index is 11.9. The summed E-state index contributed by atoms with van der Waals surface area (Å²) in [5.41, 5.74) is 2.06. The van der Waals surface area contributed by atoms with Crippen LogP contribution in [-0.2, 0) is 9.53 Å². The van der Waals surface area contributed by atoms with Gasteiger partial charge in [-0.25, -0.2) is 0 Å². The molecule has 0 aromatic heterocycles. The number of hydrogen-bond acceptors (Lipinski definition) is 3. The SMILES string of the molecule is COC(C)C(=O)Nc1cc(C(=O)N(C)C)ccc1C. The van der Waals surface area contributed by atoms with Crippen molar-refractivity contribution >= 4 is 17.5 Å². The lowest BCUT2D eigenvalue weighted by Crippen LogP contribution is -2.27. The number of benzene rings is 1. The first-order valence-corrected chi connectivity index (χ1v) is 6.02. The molecule has 19 heavy (non-hydrogen) atoms. The molecule has 5 nitrogen and oxygen atoms in total. The van der Waals surface area contributed by atoms with Crippen LogP contribution in [-0.4, -0.2) is 44.0 Å². The standard InChI is InChI=1S/C14H20N2O3/c1-9-6-7-11(14(18)16(3)4)8-12(9)15-13(17)10(2)19-5/h6-8,10H,1-5H3,(H,15,17). The van der Waals surface area contributed by atoms with Crippen LogP contribution in [0.2, 0.25) is 0 Å². The van der Waals surface area contributed by atoms with Crippen molar-refractivity contribution < 1.29 is 14.3 Å². The number of nitrogens with zero attached hydrogens (tertiary/aromatic N) is 1. The number of anilines is 1. The third-order valence-corrected chi connectivity index (χ3v) is 2.87. The number of methoxy groups -OCH3 is 1. The second kappa shape index (κ2) is 6.33. The molecule has 0 saturated carbocycles. The second-order valence-electron chi connectivity index (χ2n) is 4.60. The Bertz CT molecular complexity index is 484. The molecular weight excluding hydrogens is 244 g/mol. The Labute approximate surface area is 113 Å². The van der Waals surface area contributed by atoms with E-state index in [-0.39, 0.29) is 11.8 Å². The Kier molecular flexibility index (Phi) is 5.06. The lowest BCUT2D eigenvalue weighted by Gasteiger charge is -2.15. The topological polar surface area (TPSA) is 58.6 Å². The predicted molar refractivity (Wildman–Crippen MR) is 74.3 cm³/mol. The van der Waals surface area contributed by atoms with Gasteiger partial charge in [-0.2, -0.15) is 0 Å². The van der Waals surface area contributed by atoms with E-state index in [1.54, 1.807) is 33.2 Å². The molecule has 104 valence electrons. The Hall–Kier alpha value is -1.88. The summed E-state index contributed by atoms with van der Waals surface area (Å²) in [7, 11) is 4.85. The lowest BCUT2D eigenvalue weighted by molar-refractivity contribution is -0.124. The molecule has 1 aromatic carbocycles. The van der Waals surface area contributed by atoms with Gasteiger partial charge in [-0.15, -0.1) is 0 Å². The predicted octanol–water partition coefficient (Wildman–Crippen LogP) is 1.67. The fourth-order valence-corrected chi connectivity index (χ4v) is 1.49. The van der Waals surface area contributed by atoms with Crippen LogP contribution < -0.4 is 5.32 Å². The highest BCUT2D eigenvalue weighted by atomic mass is 16.5. The summed E-state index contributed by atoms with van der Waals surface area (Å²) in [6.45, 7) is 3.54. The van der Waals surface area contributed by atoms with Crippen LogP contribution >= 0.6 is 0 Å². The van der Waals surface area contributed by atoms with Gasteiger partial charge >= 0.3 is 0 Å². The number of aryl methyl sites for hydroxylation is 1. The molecule has 0 fully saturated rings. The molecule has 0 aliphatic carbocycles. The summed E-state index contributed by atoms with van der Waals surface area (Å²) >= 11 is 0. The lowest BCUT2D eigenvalue weighted by atomic mass is 10.1. The van der Waals surface area contributed by atoms with Gasteiger partial charge in [0.1, 0.15) is 6.10 Å². The van der Waals surface area contributed by atoms with Gasteiger partial charge in [0.25, 0.3) is 11.8 Å².